The molecule has 0 fully saturated rings. The van der Waals surface area contributed by atoms with Crippen molar-refractivity contribution >= 4 is 16.4 Å². The standard InChI is InChI=1S/C3H9NO4S.C3H4O2/c1-4-2-3-8-9(5,6)7;1-2-3(4)5/h4H,2-3H2,1H3,(H,5,6,7);2H,1H2,(H,4,5). The summed E-state index contributed by atoms with van der Waals surface area (Å²) in [4.78, 5) is 9.25. The molecule has 0 unspecified atom stereocenters. The lowest BCUT2D eigenvalue weighted by molar-refractivity contribution is -0.131. The topological polar surface area (TPSA) is 113 Å². The van der Waals surface area contributed by atoms with Crippen molar-refractivity contribution in [3.63, 3.8) is 0 Å². The van der Waals surface area contributed by atoms with E-state index in [0.29, 0.717) is 6.54 Å². The van der Waals surface area contributed by atoms with Gasteiger partial charge in [0.1, 0.15) is 0 Å². The fourth-order valence-electron chi connectivity index (χ4n) is 0.249. The minimum Gasteiger partial charge on any atom is -0.478 e. The number of hydrogen-bond acceptors (Lipinski definition) is 5. The van der Waals surface area contributed by atoms with E-state index in [9.17, 15) is 13.2 Å². The van der Waals surface area contributed by atoms with E-state index in [1.54, 1.807) is 7.05 Å². The van der Waals surface area contributed by atoms with Crippen molar-refractivity contribution in [1.29, 1.82) is 0 Å². The van der Waals surface area contributed by atoms with Crippen LogP contribution in [0.2, 0.25) is 0 Å². The molecule has 0 radical (unpaired) electrons. The van der Waals surface area contributed by atoms with Gasteiger partial charge < -0.3 is 10.4 Å². The first-order chi connectivity index (χ1) is 6.33. The van der Waals surface area contributed by atoms with Crippen molar-refractivity contribution in [1.82, 2.24) is 5.32 Å². The third kappa shape index (κ3) is 22.5. The first-order valence-corrected chi connectivity index (χ1v) is 4.81. The van der Waals surface area contributed by atoms with Gasteiger partial charge in [-0.1, -0.05) is 6.58 Å². The van der Waals surface area contributed by atoms with Crippen LogP contribution in [-0.2, 0) is 19.4 Å². The lowest BCUT2D eigenvalue weighted by atomic mass is 10.7. The first-order valence-electron chi connectivity index (χ1n) is 3.45. The number of aliphatic carboxylic acids is 1. The van der Waals surface area contributed by atoms with E-state index in [4.69, 9.17) is 9.66 Å². The minimum atomic E-state index is -4.24. The number of nitrogens with one attached hydrogen (secondary N) is 1. The van der Waals surface area contributed by atoms with Crippen LogP contribution in [0.4, 0.5) is 0 Å². The Morgan fingerprint density at radius 1 is 1.64 bits per heavy atom. The van der Waals surface area contributed by atoms with Gasteiger partial charge in [0.05, 0.1) is 6.61 Å². The Morgan fingerprint density at radius 2 is 2.07 bits per heavy atom. The molecule has 0 spiro atoms. The Bertz CT molecular complexity index is 259. The summed E-state index contributed by atoms with van der Waals surface area (Å²) in [6, 6.07) is 0. The monoisotopic (exact) mass is 227 g/mol. The van der Waals surface area contributed by atoms with Crippen LogP contribution in [0.5, 0.6) is 0 Å². The van der Waals surface area contributed by atoms with Gasteiger partial charge in [0.2, 0.25) is 0 Å². The summed E-state index contributed by atoms with van der Waals surface area (Å²) in [7, 11) is -2.59. The van der Waals surface area contributed by atoms with Crippen molar-refractivity contribution in [2.75, 3.05) is 20.2 Å². The third-order valence-electron chi connectivity index (χ3n) is 0.759. The van der Waals surface area contributed by atoms with E-state index in [0.717, 1.165) is 6.08 Å². The highest BCUT2D eigenvalue weighted by molar-refractivity contribution is 7.80. The van der Waals surface area contributed by atoms with Crippen LogP contribution in [0.3, 0.4) is 0 Å². The Hall–Kier alpha value is -0.960. The molecule has 0 aromatic heterocycles. The van der Waals surface area contributed by atoms with Crippen molar-refractivity contribution < 1.29 is 27.1 Å². The number of rotatable bonds is 5. The molecule has 0 aliphatic rings. The maximum absolute atomic E-state index is 9.81. The second-order valence-corrected chi connectivity index (χ2v) is 2.99. The summed E-state index contributed by atoms with van der Waals surface area (Å²) in [6.07, 6.45) is 0.833. The van der Waals surface area contributed by atoms with Gasteiger partial charge in [-0.2, -0.15) is 8.42 Å². The number of carboxylic acids is 1. The summed E-state index contributed by atoms with van der Waals surface area (Å²) in [5.74, 6) is -0.981. The second-order valence-electron chi connectivity index (χ2n) is 1.90. The predicted molar refractivity (Wildman–Crippen MR) is 49.3 cm³/mol. The van der Waals surface area contributed by atoms with E-state index >= 15 is 0 Å². The number of carboxylic acid groups (broad SMARTS) is 1. The number of hydrogen-bond donors (Lipinski definition) is 3. The lowest BCUT2D eigenvalue weighted by Crippen LogP contribution is -2.16. The summed E-state index contributed by atoms with van der Waals surface area (Å²) in [5.41, 5.74) is 0. The van der Waals surface area contributed by atoms with Crippen LogP contribution in [-0.4, -0.2) is 44.2 Å². The van der Waals surface area contributed by atoms with Crippen molar-refractivity contribution in [2.45, 2.75) is 0 Å². The zero-order valence-electron chi connectivity index (χ0n) is 7.63. The summed E-state index contributed by atoms with van der Waals surface area (Å²) in [5, 5.41) is 10.2. The maximum atomic E-state index is 9.81. The summed E-state index contributed by atoms with van der Waals surface area (Å²) in [6.45, 7) is 3.30. The van der Waals surface area contributed by atoms with Crippen molar-refractivity contribution in [2.24, 2.45) is 0 Å². The first kappa shape index (κ1) is 15.5. The Labute approximate surface area is 82.3 Å². The van der Waals surface area contributed by atoms with Gasteiger partial charge in [-0.25, -0.2) is 8.98 Å². The van der Waals surface area contributed by atoms with Gasteiger partial charge in [0, 0.05) is 12.6 Å². The largest absolute Gasteiger partial charge is 0.478 e. The molecule has 14 heavy (non-hydrogen) atoms. The average Bonchev–Trinajstić information content (AvgIpc) is 2.04. The SMILES string of the molecule is C=CC(=O)O.CNCCOS(=O)(=O)O. The molecule has 7 nitrogen and oxygen atoms in total. The third-order valence-corrected chi connectivity index (χ3v) is 1.22. The minimum absolute atomic E-state index is 0.0463. The molecule has 0 amide bonds. The van der Waals surface area contributed by atoms with E-state index in [1.165, 1.54) is 0 Å². The molecular weight excluding hydrogens is 214 g/mol. The molecular formula is C6H13NO6S. The average molecular weight is 227 g/mol. The molecule has 0 heterocycles. The van der Waals surface area contributed by atoms with E-state index in [2.05, 4.69) is 16.1 Å². The quantitative estimate of drug-likeness (QED) is 0.323. The van der Waals surface area contributed by atoms with E-state index in [-0.39, 0.29) is 6.61 Å². The van der Waals surface area contributed by atoms with Gasteiger partial charge in [-0.05, 0) is 7.05 Å². The fourth-order valence-corrected chi connectivity index (χ4v) is 0.543. The normalized spacial score (nSPS) is 9.86. The molecule has 0 aromatic carbocycles. The maximum Gasteiger partial charge on any atom is 0.397 e. The fraction of sp³-hybridized carbons (Fsp3) is 0.500. The highest BCUT2D eigenvalue weighted by Crippen LogP contribution is 1.82. The molecule has 0 aliphatic carbocycles. The smallest absolute Gasteiger partial charge is 0.397 e. The molecule has 3 N–H and O–H groups in total. The Kier molecular flexibility index (Phi) is 9.56. The molecule has 0 aromatic rings. The molecule has 0 aliphatic heterocycles. The van der Waals surface area contributed by atoms with Gasteiger partial charge in [-0.15, -0.1) is 0 Å². The van der Waals surface area contributed by atoms with E-state index < -0.39 is 16.4 Å². The van der Waals surface area contributed by atoms with Gasteiger partial charge in [0.25, 0.3) is 0 Å². The Morgan fingerprint density at radius 3 is 2.29 bits per heavy atom. The van der Waals surface area contributed by atoms with Gasteiger partial charge >= 0.3 is 16.4 Å². The van der Waals surface area contributed by atoms with Crippen LogP contribution in [0, 0.1) is 0 Å². The highest BCUT2D eigenvalue weighted by atomic mass is 32.3. The van der Waals surface area contributed by atoms with Gasteiger partial charge in [-0.3, -0.25) is 4.55 Å². The van der Waals surface area contributed by atoms with Crippen molar-refractivity contribution in [3.05, 3.63) is 12.7 Å². The zero-order chi connectivity index (χ0) is 11.6. The van der Waals surface area contributed by atoms with E-state index in [1.807, 2.05) is 0 Å². The summed E-state index contributed by atoms with van der Waals surface area (Å²) < 4.78 is 31.5. The molecule has 0 saturated heterocycles. The highest BCUT2D eigenvalue weighted by Gasteiger charge is 2.00. The summed E-state index contributed by atoms with van der Waals surface area (Å²) >= 11 is 0. The predicted octanol–water partition coefficient (Wildman–Crippen LogP) is -0.718. The van der Waals surface area contributed by atoms with Crippen LogP contribution in [0.15, 0.2) is 12.7 Å². The Balaban J connectivity index is 0. The lowest BCUT2D eigenvalue weighted by Gasteiger charge is -1.96. The van der Waals surface area contributed by atoms with Crippen LogP contribution < -0.4 is 5.32 Å². The molecule has 0 bridgehead atoms. The molecule has 0 saturated carbocycles. The number of carbonyl (C=O) groups is 1. The molecule has 0 rings (SSSR count). The van der Waals surface area contributed by atoms with Gasteiger partial charge in [0.15, 0.2) is 0 Å². The molecule has 8 heteroatoms. The molecule has 0 atom stereocenters. The van der Waals surface area contributed by atoms with Crippen LogP contribution in [0.25, 0.3) is 0 Å². The number of likely N-dealkylation sites (N-methyl/N-ethyl adjacent to an activating group) is 1. The van der Waals surface area contributed by atoms with Crippen LogP contribution >= 0.6 is 0 Å². The van der Waals surface area contributed by atoms with Crippen LogP contribution in [0.1, 0.15) is 0 Å². The zero-order valence-corrected chi connectivity index (χ0v) is 8.45. The van der Waals surface area contributed by atoms with Crippen molar-refractivity contribution in [3.8, 4) is 0 Å². The second kappa shape index (κ2) is 8.63. The molecule has 84 valence electrons.